The van der Waals surface area contributed by atoms with Gasteiger partial charge in [-0.1, -0.05) is 24.6 Å². The van der Waals surface area contributed by atoms with Crippen LogP contribution in [0.25, 0.3) is 11.1 Å². The van der Waals surface area contributed by atoms with Gasteiger partial charge in [-0.3, -0.25) is 0 Å². The molecule has 0 bridgehead atoms. The maximum absolute atomic E-state index is 12.8. The SMILES string of the molecule is COc1ccc(-c2ccc(C(F)(F)F)cc2)cc1CC(C)N1CCCCC1. The summed E-state index contributed by atoms with van der Waals surface area (Å²) in [5, 5.41) is 0. The Morgan fingerprint density at radius 3 is 2.19 bits per heavy atom. The first-order valence-corrected chi connectivity index (χ1v) is 9.47. The van der Waals surface area contributed by atoms with Gasteiger partial charge in [0.25, 0.3) is 0 Å². The average Bonchev–Trinajstić information content (AvgIpc) is 2.68. The quantitative estimate of drug-likeness (QED) is 0.653. The molecule has 1 saturated heterocycles. The van der Waals surface area contributed by atoms with Crippen molar-refractivity contribution in [1.29, 1.82) is 0 Å². The highest BCUT2D eigenvalue weighted by atomic mass is 19.4. The first-order valence-electron chi connectivity index (χ1n) is 9.47. The van der Waals surface area contributed by atoms with Gasteiger partial charge in [0, 0.05) is 6.04 Å². The minimum atomic E-state index is -4.31. The number of ether oxygens (including phenoxy) is 1. The van der Waals surface area contributed by atoms with E-state index < -0.39 is 11.7 Å². The van der Waals surface area contributed by atoms with E-state index in [1.165, 1.54) is 31.4 Å². The van der Waals surface area contributed by atoms with E-state index in [4.69, 9.17) is 4.74 Å². The van der Waals surface area contributed by atoms with Gasteiger partial charge in [0.05, 0.1) is 12.7 Å². The maximum Gasteiger partial charge on any atom is 0.416 e. The molecule has 0 amide bonds. The zero-order chi connectivity index (χ0) is 19.4. The normalized spacial score (nSPS) is 16.9. The van der Waals surface area contributed by atoms with E-state index in [1.54, 1.807) is 7.11 Å². The molecule has 2 aromatic rings. The number of hydrogen-bond donors (Lipinski definition) is 0. The third kappa shape index (κ3) is 4.83. The summed E-state index contributed by atoms with van der Waals surface area (Å²) in [5.74, 6) is 0.828. The zero-order valence-corrected chi connectivity index (χ0v) is 15.9. The minimum absolute atomic E-state index is 0.405. The summed E-state index contributed by atoms with van der Waals surface area (Å²) in [6.07, 6.45) is 0.335. The van der Waals surface area contributed by atoms with Gasteiger partial charge in [-0.05, 0) is 80.2 Å². The molecule has 5 heteroatoms. The Morgan fingerprint density at radius 1 is 0.963 bits per heavy atom. The lowest BCUT2D eigenvalue weighted by molar-refractivity contribution is -0.137. The largest absolute Gasteiger partial charge is 0.496 e. The lowest BCUT2D eigenvalue weighted by Gasteiger charge is -2.32. The van der Waals surface area contributed by atoms with Crippen molar-refractivity contribution in [3.8, 4) is 16.9 Å². The summed E-state index contributed by atoms with van der Waals surface area (Å²) < 4.78 is 43.9. The van der Waals surface area contributed by atoms with Crippen LogP contribution < -0.4 is 4.74 Å². The molecule has 2 aromatic carbocycles. The molecule has 0 N–H and O–H groups in total. The number of nitrogens with zero attached hydrogens (tertiary/aromatic N) is 1. The maximum atomic E-state index is 12.8. The van der Waals surface area contributed by atoms with Crippen molar-refractivity contribution in [3.05, 3.63) is 53.6 Å². The number of piperidine rings is 1. The van der Waals surface area contributed by atoms with Crippen LogP contribution in [0.1, 0.15) is 37.3 Å². The van der Waals surface area contributed by atoms with Crippen LogP contribution in [-0.2, 0) is 12.6 Å². The van der Waals surface area contributed by atoms with E-state index >= 15 is 0 Å². The van der Waals surface area contributed by atoms with Crippen molar-refractivity contribution in [2.24, 2.45) is 0 Å². The lowest BCUT2D eigenvalue weighted by Crippen LogP contribution is -2.38. The fourth-order valence-electron chi connectivity index (χ4n) is 3.78. The summed E-state index contributed by atoms with van der Waals surface area (Å²) in [6.45, 7) is 4.49. The lowest BCUT2D eigenvalue weighted by atomic mass is 9.97. The molecule has 1 heterocycles. The predicted octanol–water partition coefficient (Wildman–Crippen LogP) is 5.80. The Bertz CT molecular complexity index is 749. The summed E-state index contributed by atoms with van der Waals surface area (Å²) in [5.41, 5.74) is 2.15. The van der Waals surface area contributed by atoms with Crippen molar-refractivity contribution >= 4 is 0 Å². The molecule has 1 unspecified atom stereocenters. The van der Waals surface area contributed by atoms with Gasteiger partial charge in [-0.15, -0.1) is 0 Å². The Morgan fingerprint density at radius 2 is 1.59 bits per heavy atom. The molecule has 1 atom stereocenters. The summed E-state index contributed by atoms with van der Waals surface area (Å²) >= 11 is 0. The van der Waals surface area contributed by atoms with Crippen LogP contribution in [0.5, 0.6) is 5.75 Å². The third-order valence-corrected chi connectivity index (χ3v) is 5.36. The zero-order valence-electron chi connectivity index (χ0n) is 15.9. The molecule has 0 aliphatic carbocycles. The number of alkyl halides is 3. The number of benzene rings is 2. The van der Waals surface area contributed by atoms with Gasteiger partial charge in [-0.25, -0.2) is 0 Å². The second-order valence-corrected chi connectivity index (χ2v) is 7.25. The highest BCUT2D eigenvalue weighted by molar-refractivity contribution is 5.66. The Balaban J connectivity index is 1.82. The van der Waals surface area contributed by atoms with Gasteiger partial charge >= 0.3 is 6.18 Å². The van der Waals surface area contributed by atoms with Crippen molar-refractivity contribution in [1.82, 2.24) is 4.90 Å². The first kappa shape index (κ1) is 19.7. The number of hydrogen-bond acceptors (Lipinski definition) is 2. The van der Waals surface area contributed by atoms with E-state index in [9.17, 15) is 13.2 Å². The summed E-state index contributed by atoms with van der Waals surface area (Å²) in [6, 6.07) is 11.6. The highest BCUT2D eigenvalue weighted by Gasteiger charge is 2.30. The van der Waals surface area contributed by atoms with Gasteiger partial charge in [0.15, 0.2) is 0 Å². The highest BCUT2D eigenvalue weighted by Crippen LogP contribution is 2.33. The predicted molar refractivity (Wildman–Crippen MR) is 102 cm³/mol. The van der Waals surface area contributed by atoms with E-state index in [2.05, 4.69) is 11.8 Å². The molecule has 0 saturated carbocycles. The van der Waals surface area contributed by atoms with Crippen molar-refractivity contribution < 1.29 is 17.9 Å². The van der Waals surface area contributed by atoms with Gasteiger partial charge in [0.1, 0.15) is 5.75 Å². The van der Waals surface area contributed by atoms with E-state index in [1.807, 2.05) is 18.2 Å². The number of methoxy groups -OCH3 is 1. The van der Waals surface area contributed by atoms with Crippen LogP contribution in [-0.4, -0.2) is 31.1 Å². The molecule has 0 spiro atoms. The molecular formula is C22H26F3NO. The van der Waals surface area contributed by atoms with Crippen LogP contribution in [0.3, 0.4) is 0 Å². The van der Waals surface area contributed by atoms with Gasteiger partial charge in [0.2, 0.25) is 0 Å². The van der Waals surface area contributed by atoms with Gasteiger partial charge < -0.3 is 9.64 Å². The number of halogens is 3. The molecular weight excluding hydrogens is 351 g/mol. The smallest absolute Gasteiger partial charge is 0.416 e. The van der Waals surface area contributed by atoms with Crippen LogP contribution >= 0.6 is 0 Å². The topological polar surface area (TPSA) is 12.5 Å². The molecule has 27 heavy (non-hydrogen) atoms. The van der Waals surface area contributed by atoms with E-state index in [0.717, 1.165) is 54.1 Å². The standard InChI is InChI=1S/C22H26F3NO/c1-16(26-12-4-3-5-13-26)14-19-15-18(8-11-21(19)27-2)17-6-9-20(10-7-17)22(23,24)25/h6-11,15-16H,3-5,12-14H2,1-2H3. The molecule has 0 radical (unpaired) electrons. The Kier molecular flexibility index (Phi) is 6.10. The second-order valence-electron chi connectivity index (χ2n) is 7.25. The minimum Gasteiger partial charge on any atom is -0.496 e. The molecule has 2 nitrogen and oxygen atoms in total. The van der Waals surface area contributed by atoms with E-state index in [0.29, 0.717) is 6.04 Å². The molecule has 1 aliphatic rings. The average molecular weight is 377 g/mol. The van der Waals surface area contributed by atoms with Crippen molar-refractivity contribution in [2.75, 3.05) is 20.2 Å². The molecule has 146 valence electrons. The third-order valence-electron chi connectivity index (χ3n) is 5.36. The van der Waals surface area contributed by atoms with Crippen molar-refractivity contribution in [2.45, 2.75) is 44.8 Å². The monoisotopic (exact) mass is 377 g/mol. The first-order chi connectivity index (χ1) is 12.9. The van der Waals surface area contributed by atoms with Crippen LogP contribution in [0, 0.1) is 0 Å². The Hall–Kier alpha value is -2.01. The molecule has 1 fully saturated rings. The molecule has 3 rings (SSSR count). The van der Waals surface area contributed by atoms with Crippen LogP contribution in [0.2, 0.25) is 0 Å². The van der Waals surface area contributed by atoms with Crippen molar-refractivity contribution in [3.63, 3.8) is 0 Å². The molecule has 1 aliphatic heterocycles. The fourth-order valence-corrected chi connectivity index (χ4v) is 3.78. The number of likely N-dealkylation sites (tertiary alicyclic amines) is 1. The Labute approximate surface area is 159 Å². The van der Waals surface area contributed by atoms with Crippen LogP contribution in [0.15, 0.2) is 42.5 Å². The van der Waals surface area contributed by atoms with E-state index in [-0.39, 0.29) is 0 Å². The second kappa shape index (κ2) is 8.34. The number of rotatable bonds is 5. The molecule has 0 aromatic heterocycles. The summed E-state index contributed by atoms with van der Waals surface area (Å²) in [4.78, 5) is 2.51. The van der Waals surface area contributed by atoms with Crippen LogP contribution in [0.4, 0.5) is 13.2 Å². The summed E-state index contributed by atoms with van der Waals surface area (Å²) in [7, 11) is 1.65. The van der Waals surface area contributed by atoms with Gasteiger partial charge in [-0.2, -0.15) is 13.2 Å². The fraction of sp³-hybridized carbons (Fsp3) is 0.455.